The maximum Gasteiger partial charge on any atom is 0.0860 e. The van der Waals surface area contributed by atoms with Gasteiger partial charge >= 0.3 is 0 Å². The first-order chi connectivity index (χ1) is 8.11. The number of hydrogen-bond donors (Lipinski definition) is 0. The van der Waals surface area contributed by atoms with Crippen LogP contribution in [0.25, 0.3) is 0 Å². The molecule has 2 rings (SSSR count). The number of halogens is 2. The van der Waals surface area contributed by atoms with Gasteiger partial charge in [0.05, 0.1) is 16.4 Å². The quantitative estimate of drug-likeness (QED) is 0.788. The summed E-state index contributed by atoms with van der Waals surface area (Å²) in [5.74, 6) is 1.52. The van der Waals surface area contributed by atoms with Gasteiger partial charge in [0.1, 0.15) is 0 Å². The van der Waals surface area contributed by atoms with E-state index in [0.717, 1.165) is 54.3 Å². The highest BCUT2D eigenvalue weighted by molar-refractivity contribution is 6.31. The number of rotatable bonds is 4. The lowest BCUT2D eigenvalue weighted by Crippen LogP contribution is -2.22. The van der Waals surface area contributed by atoms with Crippen LogP contribution >= 0.6 is 23.2 Å². The molecule has 0 N–H and O–H groups in total. The van der Waals surface area contributed by atoms with Crippen molar-refractivity contribution in [2.24, 2.45) is 13.0 Å². The molecule has 5 heteroatoms. The third-order valence-corrected chi connectivity index (χ3v) is 4.23. The number of nitrogens with zero attached hydrogens (tertiary/aromatic N) is 3. The van der Waals surface area contributed by atoms with Crippen molar-refractivity contribution in [2.75, 3.05) is 19.0 Å². The summed E-state index contributed by atoms with van der Waals surface area (Å²) in [6, 6.07) is 0. The highest BCUT2D eigenvalue weighted by atomic mass is 35.5. The molecule has 1 aliphatic heterocycles. The minimum Gasteiger partial charge on any atom is -0.297 e. The van der Waals surface area contributed by atoms with Crippen LogP contribution in [0.2, 0.25) is 5.02 Å². The van der Waals surface area contributed by atoms with E-state index in [4.69, 9.17) is 23.2 Å². The standard InChI is InChI=1S/C12H19Cl2N3/c1-9-12(14)11(16(2)15-9)8-17-6-4-10(7-17)3-5-13/h10H,3-8H2,1-2H3. The lowest BCUT2D eigenvalue weighted by molar-refractivity contribution is 0.306. The van der Waals surface area contributed by atoms with Crippen molar-refractivity contribution in [1.82, 2.24) is 14.7 Å². The van der Waals surface area contributed by atoms with Gasteiger partial charge in [-0.05, 0) is 32.2 Å². The Bertz CT molecular complexity index is 389. The maximum absolute atomic E-state index is 6.26. The molecular weight excluding hydrogens is 257 g/mol. The third kappa shape index (κ3) is 2.95. The molecule has 0 radical (unpaired) electrons. The third-order valence-electron chi connectivity index (χ3n) is 3.52. The molecule has 1 aromatic heterocycles. The fourth-order valence-corrected chi connectivity index (χ4v) is 3.04. The Morgan fingerprint density at radius 1 is 1.47 bits per heavy atom. The fourth-order valence-electron chi connectivity index (χ4n) is 2.51. The van der Waals surface area contributed by atoms with Crippen LogP contribution in [0.15, 0.2) is 0 Å². The molecule has 1 saturated heterocycles. The van der Waals surface area contributed by atoms with Crippen LogP contribution in [-0.2, 0) is 13.6 Å². The van der Waals surface area contributed by atoms with Gasteiger partial charge in [-0.3, -0.25) is 9.58 Å². The summed E-state index contributed by atoms with van der Waals surface area (Å²) in [5, 5.41) is 5.16. The molecule has 1 aliphatic rings. The van der Waals surface area contributed by atoms with Gasteiger partial charge in [-0.15, -0.1) is 11.6 Å². The van der Waals surface area contributed by atoms with E-state index in [1.807, 2.05) is 18.7 Å². The van der Waals surface area contributed by atoms with Gasteiger partial charge in [0.2, 0.25) is 0 Å². The first kappa shape index (κ1) is 13.2. The molecule has 0 aliphatic carbocycles. The van der Waals surface area contributed by atoms with Crippen LogP contribution in [-0.4, -0.2) is 33.6 Å². The minimum absolute atomic E-state index is 0.751. The molecule has 1 atom stereocenters. The summed E-state index contributed by atoms with van der Waals surface area (Å²) in [5.41, 5.74) is 2.04. The van der Waals surface area contributed by atoms with Crippen molar-refractivity contribution in [3.63, 3.8) is 0 Å². The topological polar surface area (TPSA) is 21.1 Å². The summed E-state index contributed by atoms with van der Waals surface area (Å²) in [4.78, 5) is 2.44. The number of aromatic nitrogens is 2. The van der Waals surface area contributed by atoms with E-state index >= 15 is 0 Å². The van der Waals surface area contributed by atoms with E-state index in [-0.39, 0.29) is 0 Å². The first-order valence-electron chi connectivity index (χ1n) is 6.08. The zero-order valence-electron chi connectivity index (χ0n) is 10.4. The predicted octanol–water partition coefficient (Wildman–Crippen LogP) is 2.83. The molecule has 1 unspecified atom stereocenters. The monoisotopic (exact) mass is 275 g/mol. The molecule has 96 valence electrons. The summed E-state index contributed by atoms with van der Waals surface area (Å²) in [6.07, 6.45) is 2.37. The average Bonchev–Trinajstić information content (AvgIpc) is 2.81. The van der Waals surface area contributed by atoms with Gasteiger partial charge in [0.15, 0.2) is 0 Å². The van der Waals surface area contributed by atoms with Crippen molar-refractivity contribution in [2.45, 2.75) is 26.3 Å². The lowest BCUT2D eigenvalue weighted by atomic mass is 10.1. The van der Waals surface area contributed by atoms with Gasteiger partial charge in [-0.25, -0.2) is 0 Å². The molecule has 2 heterocycles. The Kier molecular flexibility index (Phi) is 4.34. The molecule has 1 aromatic rings. The fraction of sp³-hybridized carbons (Fsp3) is 0.750. The summed E-state index contributed by atoms with van der Waals surface area (Å²) in [6.45, 7) is 5.12. The van der Waals surface area contributed by atoms with Crippen molar-refractivity contribution in [3.8, 4) is 0 Å². The first-order valence-corrected chi connectivity index (χ1v) is 6.99. The van der Waals surface area contributed by atoms with Crippen LogP contribution in [0.5, 0.6) is 0 Å². The number of aryl methyl sites for hydroxylation is 2. The Labute approximate surface area is 113 Å². The average molecular weight is 276 g/mol. The van der Waals surface area contributed by atoms with E-state index in [2.05, 4.69) is 10.00 Å². The van der Waals surface area contributed by atoms with Crippen LogP contribution in [0.1, 0.15) is 24.2 Å². The summed E-state index contributed by atoms with van der Waals surface area (Å²) >= 11 is 12.0. The highest BCUT2D eigenvalue weighted by Crippen LogP contribution is 2.25. The van der Waals surface area contributed by atoms with Gasteiger partial charge in [0, 0.05) is 26.0 Å². The Morgan fingerprint density at radius 3 is 2.82 bits per heavy atom. The smallest absolute Gasteiger partial charge is 0.0860 e. The van der Waals surface area contributed by atoms with E-state index < -0.39 is 0 Å². The molecule has 0 bridgehead atoms. The van der Waals surface area contributed by atoms with Gasteiger partial charge in [-0.1, -0.05) is 11.6 Å². The Balaban J connectivity index is 1.98. The van der Waals surface area contributed by atoms with Gasteiger partial charge < -0.3 is 0 Å². The second kappa shape index (κ2) is 5.59. The maximum atomic E-state index is 6.26. The van der Waals surface area contributed by atoms with E-state index in [9.17, 15) is 0 Å². The van der Waals surface area contributed by atoms with E-state index in [0.29, 0.717) is 0 Å². The van der Waals surface area contributed by atoms with E-state index in [1.165, 1.54) is 6.42 Å². The van der Waals surface area contributed by atoms with Gasteiger partial charge in [-0.2, -0.15) is 5.10 Å². The van der Waals surface area contributed by atoms with Gasteiger partial charge in [0.25, 0.3) is 0 Å². The number of alkyl halides is 1. The van der Waals surface area contributed by atoms with Crippen LogP contribution in [0.4, 0.5) is 0 Å². The van der Waals surface area contributed by atoms with Crippen molar-refractivity contribution in [3.05, 3.63) is 16.4 Å². The summed E-state index contributed by atoms with van der Waals surface area (Å²) < 4.78 is 1.90. The SMILES string of the molecule is Cc1nn(C)c(CN2CCC(CCCl)C2)c1Cl. The largest absolute Gasteiger partial charge is 0.297 e. The second-order valence-corrected chi connectivity index (χ2v) is 5.59. The van der Waals surface area contributed by atoms with Crippen LogP contribution in [0, 0.1) is 12.8 Å². The Morgan fingerprint density at radius 2 is 2.24 bits per heavy atom. The molecule has 0 saturated carbocycles. The number of likely N-dealkylation sites (tertiary alicyclic amines) is 1. The summed E-state index contributed by atoms with van der Waals surface area (Å²) in [7, 11) is 1.96. The Hall–Kier alpha value is -0.250. The minimum atomic E-state index is 0.751. The zero-order valence-corrected chi connectivity index (χ0v) is 11.9. The van der Waals surface area contributed by atoms with Crippen molar-refractivity contribution >= 4 is 23.2 Å². The molecule has 3 nitrogen and oxygen atoms in total. The molecule has 17 heavy (non-hydrogen) atoms. The number of hydrogen-bond acceptors (Lipinski definition) is 2. The normalized spacial score (nSPS) is 21.3. The van der Waals surface area contributed by atoms with Crippen molar-refractivity contribution in [1.29, 1.82) is 0 Å². The van der Waals surface area contributed by atoms with Crippen LogP contribution < -0.4 is 0 Å². The van der Waals surface area contributed by atoms with Crippen molar-refractivity contribution < 1.29 is 0 Å². The highest BCUT2D eigenvalue weighted by Gasteiger charge is 2.24. The molecule has 1 fully saturated rings. The molecule has 0 amide bonds. The zero-order chi connectivity index (χ0) is 12.4. The lowest BCUT2D eigenvalue weighted by Gasteiger charge is -2.16. The molecule has 0 spiro atoms. The molecular formula is C12H19Cl2N3. The van der Waals surface area contributed by atoms with E-state index in [1.54, 1.807) is 0 Å². The molecule has 0 aromatic carbocycles. The second-order valence-electron chi connectivity index (χ2n) is 4.84. The van der Waals surface area contributed by atoms with Crippen LogP contribution in [0.3, 0.4) is 0 Å². The predicted molar refractivity (Wildman–Crippen MR) is 71.7 cm³/mol.